The Balaban J connectivity index is 1.68. The van der Waals surface area contributed by atoms with Crippen LogP contribution in [0.5, 0.6) is 5.75 Å². The summed E-state index contributed by atoms with van der Waals surface area (Å²) in [6.45, 7) is 4.77. The molecule has 0 bridgehead atoms. The second kappa shape index (κ2) is 8.15. The lowest BCUT2D eigenvalue weighted by atomic mass is 10.1. The lowest BCUT2D eigenvalue weighted by Crippen LogP contribution is -1.99. The van der Waals surface area contributed by atoms with E-state index in [2.05, 4.69) is 51.8 Å². The molecule has 0 saturated heterocycles. The van der Waals surface area contributed by atoms with Gasteiger partial charge in [0.25, 0.3) is 0 Å². The second-order valence-electron chi connectivity index (χ2n) is 5.55. The van der Waals surface area contributed by atoms with Crippen LogP contribution in [0.25, 0.3) is 0 Å². The van der Waals surface area contributed by atoms with Crippen LogP contribution < -0.4 is 15.4 Å². The molecule has 0 fully saturated rings. The van der Waals surface area contributed by atoms with Crippen molar-refractivity contribution in [3.63, 3.8) is 0 Å². The van der Waals surface area contributed by atoms with Gasteiger partial charge >= 0.3 is 0 Å². The van der Waals surface area contributed by atoms with Gasteiger partial charge in [0.2, 0.25) is 0 Å². The predicted octanol–water partition coefficient (Wildman–Crippen LogP) is 4.92. The van der Waals surface area contributed by atoms with Gasteiger partial charge in [0.05, 0.1) is 6.61 Å². The molecule has 5 heteroatoms. The molecule has 0 spiro atoms. The van der Waals surface area contributed by atoms with Gasteiger partial charge in [-0.1, -0.05) is 19.1 Å². The van der Waals surface area contributed by atoms with E-state index >= 15 is 0 Å². The molecule has 0 radical (unpaired) electrons. The highest BCUT2D eigenvalue weighted by molar-refractivity contribution is 5.63. The molecule has 1 aromatic heterocycles. The molecule has 3 rings (SSSR count). The average Bonchev–Trinajstić information content (AvgIpc) is 2.65. The van der Waals surface area contributed by atoms with Gasteiger partial charge in [0.1, 0.15) is 23.7 Å². The van der Waals surface area contributed by atoms with E-state index in [9.17, 15) is 0 Å². The standard InChI is InChI=1S/C20H22N4O/c1-3-15-5-7-16(8-6-15)23-19-13-20(22-14-21-19)24-17-9-11-18(12-10-17)25-4-2/h5-14H,3-4H2,1-2H3,(H2,21,22,23,24). The first kappa shape index (κ1) is 16.8. The van der Waals surface area contributed by atoms with Crippen LogP contribution in [0, 0.1) is 0 Å². The Hall–Kier alpha value is -3.08. The minimum atomic E-state index is 0.660. The molecule has 0 aliphatic heterocycles. The Labute approximate surface area is 148 Å². The Bertz CT molecular complexity index is 801. The zero-order valence-corrected chi connectivity index (χ0v) is 14.5. The predicted molar refractivity (Wildman–Crippen MR) is 102 cm³/mol. The number of ether oxygens (including phenoxy) is 1. The number of hydrogen-bond donors (Lipinski definition) is 2. The first-order chi connectivity index (χ1) is 12.3. The molecule has 0 unspecified atom stereocenters. The normalized spacial score (nSPS) is 10.3. The third-order valence-corrected chi connectivity index (χ3v) is 3.74. The third kappa shape index (κ3) is 4.70. The van der Waals surface area contributed by atoms with E-state index in [0.717, 1.165) is 35.2 Å². The van der Waals surface area contributed by atoms with E-state index in [0.29, 0.717) is 6.61 Å². The van der Waals surface area contributed by atoms with E-state index in [1.54, 1.807) is 6.33 Å². The number of aromatic nitrogens is 2. The van der Waals surface area contributed by atoms with Crippen LogP contribution in [0.4, 0.5) is 23.0 Å². The number of benzene rings is 2. The average molecular weight is 334 g/mol. The Morgan fingerprint density at radius 3 is 1.88 bits per heavy atom. The van der Waals surface area contributed by atoms with Crippen molar-refractivity contribution >= 4 is 23.0 Å². The summed E-state index contributed by atoms with van der Waals surface area (Å²) in [5.41, 5.74) is 3.26. The lowest BCUT2D eigenvalue weighted by molar-refractivity contribution is 0.340. The molecular formula is C20H22N4O. The van der Waals surface area contributed by atoms with E-state index in [-0.39, 0.29) is 0 Å². The first-order valence-corrected chi connectivity index (χ1v) is 8.44. The third-order valence-electron chi connectivity index (χ3n) is 3.74. The number of aryl methyl sites for hydroxylation is 1. The molecule has 0 amide bonds. The zero-order chi connectivity index (χ0) is 17.5. The molecular weight excluding hydrogens is 312 g/mol. The minimum Gasteiger partial charge on any atom is -0.494 e. The Morgan fingerprint density at radius 2 is 1.36 bits per heavy atom. The fourth-order valence-corrected chi connectivity index (χ4v) is 2.41. The summed E-state index contributed by atoms with van der Waals surface area (Å²) in [4.78, 5) is 8.54. The van der Waals surface area contributed by atoms with Crippen molar-refractivity contribution in [3.8, 4) is 5.75 Å². The van der Waals surface area contributed by atoms with Gasteiger partial charge in [-0.2, -0.15) is 0 Å². The monoisotopic (exact) mass is 334 g/mol. The van der Waals surface area contributed by atoms with Crippen molar-refractivity contribution < 1.29 is 4.74 Å². The van der Waals surface area contributed by atoms with Gasteiger partial charge in [0.15, 0.2) is 0 Å². The zero-order valence-electron chi connectivity index (χ0n) is 14.5. The topological polar surface area (TPSA) is 59.1 Å². The van der Waals surface area contributed by atoms with E-state index in [4.69, 9.17) is 4.74 Å². The molecule has 0 atom stereocenters. The number of rotatable bonds is 7. The lowest BCUT2D eigenvalue weighted by Gasteiger charge is -2.10. The van der Waals surface area contributed by atoms with Crippen LogP contribution in [0.2, 0.25) is 0 Å². The molecule has 25 heavy (non-hydrogen) atoms. The summed E-state index contributed by atoms with van der Waals surface area (Å²) in [7, 11) is 0. The van der Waals surface area contributed by atoms with Crippen LogP contribution in [-0.4, -0.2) is 16.6 Å². The van der Waals surface area contributed by atoms with Crippen LogP contribution in [0.15, 0.2) is 60.9 Å². The summed E-state index contributed by atoms with van der Waals surface area (Å²) in [5, 5.41) is 6.57. The van der Waals surface area contributed by atoms with Crippen molar-refractivity contribution in [2.24, 2.45) is 0 Å². The maximum absolute atomic E-state index is 5.45. The molecule has 0 aliphatic rings. The SMILES string of the molecule is CCOc1ccc(Nc2cc(Nc3ccc(CC)cc3)ncn2)cc1. The summed E-state index contributed by atoms with van der Waals surface area (Å²) in [6.07, 6.45) is 2.57. The molecule has 2 aromatic carbocycles. The molecule has 5 nitrogen and oxygen atoms in total. The smallest absolute Gasteiger partial charge is 0.135 e. The maximum Gasteiger partial charge on any atom is 0.135 e. The van der Waals surface area contributed by atoms with Crippen LogP contribution in [-0.2, 0) is 6.42 Å². The Morgan fingerprint density at radius 1 is 0.800 bits per heavy atom. The molecule has 2 N–H and O–H groups in total. The van der Waals surface area contributed by atoms with E-state index in [1.165, 1.54) is 5.56 Å². The highest BCUT2D eigenvalue weighted by atomic mass is 16.5. The first-order valence-electron chi connectivity index (χ1n) is 8.44. The number of nitrogens with one attached hydrogen (secondary N) is 2. The van der Waals surface area contributed by atoms with Crippen molar-refractivity contribution in [1.29, 1.82) is 0 Å². The fourth-order valence-electron chi connectivity index (χ4n) is 2.41. The van der Waals surface area contributed by atoms with Crippen molar-refractivity contribution in [1.82, 2.24) is 9.97 Å². The molecule has 0 saturated carbocycles. The van der Waals surface area contributed by atoms with Gasteiger partial charge < -0.3 is 15.4 Å². The van der Waals surface area contributed by atoms with Gasteiger partial charge in [-0.25, -0.2) is 9.97 Å². The maximum atomic E-state index is 5.45. The van der Waals surface area contributed by atoms with Gasteiger partial charge in [-0.15, -0.1) is 0 Å². The largest absolute Gasteiger partial charge is 0.494 e. The van der Waals surface area contributed by atoms with Crippen LogP contribution >= 0.6 is 0 Å². The van der Waals surface area contributed by atoms with Crippen molar-refractivity contribution in [2.75, 3.05) is 17.2 Å². The van der Waals surface area contributed by atoms with Crippen LogP contribution in [0.1, 0.15) is 19.4 Å². The van der Waals surface area contributed by atoms with Gasteiger partial charge in [-0.05, 0) is 55.3 Å². The van der Waals surface area contributed by atoms with Crippen molar-refractivity contribution in [2.45, 2.75) is 20.3 Å². The second-order valence-corrected chi connectivity index (χ2v) is 5.55. The fraction of sp³-hybridized carbons (Fsp3) is 0.200. The number of anilines is 4. The minimum absolute atomic E-state index is 0.660. The quantitative estimate of drug-likeness (QED) is 0.642. The van der Waals surface area contributed by atoms with E-state index < -0.39 is 0 Å². The van der Waals surface area contributed by atoms with Crippen molar-refractivity contribution in [3.05, 3.63) is 66.5 Å². The molecule has 128 valence electrons. The molecule has 0 aliphatic carbocycles. The van der Waals surface area contributed by atoms with E-state index in [1.807, 2.05) is 37.3 Å². The summed E-state index contributed by atoms with van der Waals surface area (Å²) in [6, 6.07) is 18.0. The summed E-state index contributed by atoms with van der Waals surface area (Å²) >= 11 is 0. The van der Waals surface area contributed by atoms with Gasteiger partial charge in [-0.3, -0.25) is 0 Å². The molecule has 1 heterocycles. The van der Waals surface area contributed by atoms with Crippen LogP contribution in [0.3, 0.4) is 0 Å². The highest BCUT2D eigenvalue weighted by Crippen LogP contribution is 2.21. The summed E-state index contributed by atoms with van der Waals surface area (Å²) in [5.74, 6) is 2.33. The molecule has 3 aromatic rings. The summed E-state index contributed by atoms with van der Waals surface area (Å²) < 4.78 is 5.45. The number of hydrogen-bond acceptors (Lipinski definition) is 5. The van der Waals surface area contributed by atoms with Gasteiger partial charge in [0, 0.05) is 17.4 Å². The highest BCUT2D eigenvalue weighted by Gasteiger charge is 2.01. The number of nitrogens with zero attached hydrogens (tertiary/aromatic N) is 2. The Kier molecular flexibility index (Phi) is 5.46.